The maximum Gasteiger partial charge on any atom is 0.345 e. The number of fused-ring (bicyclic) bond motifs is 3. The first kappa shape index (κ1) is 17.5. The molecule has 2 aromatic heterocycles. The molecule has 2 heterocycles. The lowest BCUT2D eigenvalue weighted by atomic mass is 10.1. The molecule has 27 heavy (non-hydrogen) atoms. The number of anilines is 1. The molecule has 0 atom stereocenters. The second-order valence-corrected chi connectivity index (χ2v) is 7.61. The predicted molar refractivity (Wildman–Crippen MR) is 111 cm³/mol. The molecule has 4 nitrogen and oxygen atoms in total. The van der Waals surface area contributed by atoms with Crippen molar-refractivity contribution in [2.75, 3.05) is 11.4 Å². The van der Waals surface area contributed by atoms with Gasteiger partial charge in [-0.1, -0.05) is 18.2 Å². The highest BCUT2D eigenvalue weighted by molar-refractivity contribution is 7.21. The molecule has 0 aliphatic carbocycles. The number of carbonyl (C=O) groups excluding carboxylic acids is 1. The number of hydrogen-bond donors (Lipinski definition) is 0. The van der Waals surface area contributed by atoms with Gasteiger partial charge in [-0.3, -0.25) is 4.79 Å². The van der Waals surface area contributed by atoms with Gasteiger partial charge in [-0.25, -0.2) is 4.79 Å². The van der Waals surface area contributed by atoms with E-state index in [4.69, 9.17) is 4.42 Å². The van der Waals surface area contributed by atoms with E-state index in [-0.39, 0.29) is 5.91 Å². The molecule has 0 aliphatic rings. The number of amides is 1. The Kier molecular flexibility index (Phi) is 4.32. The standard InChI is InChI=1S/C22H19NO3S/c1-4-23(15-10-9-13(2)14(3)11-15)21(24)19-12-17-20(27-19)16-7-5-6-8-18(16)26-22(17)25/h5-12H,4H2,1-3H3. The van der Waals surface area contributed by atoms with Crippen LogP contribution in [0.4, 0.5) is 5.69 Å². The minimum absolute atomic E-state index is 0.106. The Bertz CT molecular complexity index is 1240. The maximum absolute atomic E-state index is 13.2. The van der Waals surface area contributed by atoms with Crippen LogP contribution >= 0.6 is 11.3 Å². The number of rotatable bonds is 3. The predicted octanol–water partition coefficient (Wildman–Crippen LogP) is 5.29. The monoisotopic (exact) mass is 377 g/mol. The largest absolute Gasteiger partial charge is 0.422 e. The van der Waals surface area contributed by atoms with Crippen LogP contribution in [0.15, 0.2) is 57.7 Å². The molecule has 0 aliphatic heterocycles. The molecule has 0 radical (unpaired) electrons. The van der Waals surface area contributed by atoms with E-state index in [1.807, 2.05) is 57.2 Å². The average molecular weight is 377 g/mol. The van der Waals surface area contributed by atoms with Crippen LogP contribution in [0, 0.1) is 13.8 Å². The molecular formula is C22H19NO3S. The van der Waals surface area contributed by atoms with E-state index in [0.717, 1.165) is 21.3 Å². The lowest BCUT2D eigenvalue weighted by molar-refractivity contribution is 0.0992. The van der Waals surface area contributed by atoms with E-state index in [1.165, 1.54) is 16.9 Å². The number of hydrogen-bond acceptors (Lipinski definition) is 4. The summed E-state index contributed by atoms with van der Waals surface area (Å²) in [4.78, 5) is 27.8. The van der Waals surface area contributed by atoms with Gasteiger partial charge in [-0.15, -0.1) is 11.3 Å². The molecule has 0 spiro atoms. The highest BCUT2D eigenvalue weighted by atomic mass is 32.1. The van der Waals surface area contributed by atoms with Crippen molar-refractivity contribution < 1.29 is 9.21 Å². The van der Waals surface area contributed by atoms with Gasteiger partial charge in [0.25, 0.3) is 5.91 Å². The highest BCUT2D eigenvalue weighted by Crippen LogP contribution is 2.32. The Morgan fingerprint density at radius 2 is 1.81 bits per heavy atom. The van der Waals surface area contributed by atoms with E-state index < -0.39 is 5.63 Å². The highest BCUT2D eigenvalue weighted by Gasteiger charge is 2.21. The minimum atomic E-state index is -0.409. The number of aryl methyl sites for hydroxylation is 2. The molecule has 2 aromatic carbocycles. The van der Waals surface area contributed by atoms with Crippen molar-refractivity contribution in [1.29, 1.82) is 0 Å². The van der Waals surface area contributed by atoms with E-state index in [0.29, 0.717) is 22.4 Å². The van der Waals surface area contributed by atoms with Crippen molar-refractivity contribution in [3.63, 3.8) is 0 Å². The third-order valence-corrected chi connectivity index (χ3v) is 6.02. The number of carbonyl (C=O) groups is 1. The fourth-order valence-electron chi connectivity index (χ4n) is 3.22. The first-order chi connectivity index (χ1) is 13.0. The number of thiophene rings is 1. The summed E-state index contributed by atoms with van der Waals surface area (Å²) in [5, 5.41) is 1.31. The van der Waals surface area contributed by atoms with Crippen LogP contribution in [0.25, 0.3) is 21.1 Å². The van der Waals surface area contributed by atoms with E-state index >= 15 is 0 Å². The molecular weight excluding hydrogens is 358 g/mol. The number of nitrogens with zero attached hydrogens (tertiary/aromatic N) is 1. The Labute approximate surface area is 160 Å². The molecule has 4 aromatic rings. The topological polar surface area (TPSA) is 50.5 Å². The molecule has 0 fully saturated rings. The Morgan fingerprint density at radius 3 is 2.56 bits per heavy atom. The van der Waals surface area contributed by atoms with Crippen LogP contribution in [0.3, 0.4) is 0 Å². The zero-order chi connectivity index (χ0) is 19.1. The third kappa shape index (κ3) is 2.94. The lowest BCUT2D eigenvalue weighted by Gasteiger charge is -2.21. The summed E-state index contributed by atoms with van der Waals surface area (Å²) in [5.74, 6) is -0.106. The molecule has 0 unspecified atom stereocenters. The minimum Gasteiger partial charge on any atom is -0.422 e. The molecule has 0 saturated heterocycles. The van der Waals surface area contributed by atoms with Gasteiger partial charge in [0.2, 0.25) is 0 Å². The quantitative estimate of drug-likeness (QED) is 0.456. The van der Waals surface area contributed by atoms with Crippen LogP contribution in [0.1, 0.15) is 27.7 Å². The van der Waals surface area contributed by atoms with Gasteiger partial charge in [-0.05, 0) is 62.2 Å². The van der Waals surface area contributed by atoms with E-state index in [1.54, 1.807) is 17.0 Å². The smallest absolute Gasteiger partial charge is 0.345 e. The molecule has 0 bridgehead atoms. The molecule has 0 saturated carbocycles. The molecule has 1 amide bonds. The van der Waals surface area contributed by atoms with Crippen LogP contribution < -0.4 is 10.5 Å². The second kappa shape index (κ2) is 6.67. The zero-order valence-corrected chi connectivity index (χ0v) is 16.2. The molecule has 0 N–H and O–H groups in total. The average Bonchev–Trinajstić information content (AvgIpc) is 3.11. The summed E-state index contributed by atoms with van der Waals surface area (Å²) < 4.78 is 6.19. The van der Waals surface area contributed by atoms with Gasteiger partial charge < -0.3 is 9.32 Å². The summed E-state index contributed by atoms with van der Waals surface area (Å²) in [6.07, 6.45) is 0. The van der Waals surface area contributed by atoms with Crippen LogP contribution in [0.2, 0.25) is 0 Å². The van der Waals surface area contributed by atoms with E-state index in [9.17, 15) is 9.59 Å². The van der Waals surface area contributed by atoms with Crippen LogP contribution in [-0.2, 0) is 0 Å². The van der Waals surface area contributed by atoms with Crippen LogP contribution in [0.5, 0.6) is 0 Å². The van der Waals surface area contributed by atoms with Crippen molar-refractivity contribution in [2.45, 2.75) is 20.8 Å². The van der Waals surface area contributed by atoms with Gasteiger partial charge >= 0.3 is 5.63 Å². The maximum atomic E-state index is 13.2. The van der Waals surface area contributed by atoms with Gasteiger partial charge in [-0.2, -0.15) is 0 Å². The van der Waals surface area contributed by atoms with Crippen LogP contribution in [-0.4, -0.2) is 12.5 Å². The summed E-state index contributed by atoms with van der Waals surface area (Å²) in [7, 11) is 0. The summed E-state index contributed by atoms with van der Waals surface area (Å²) in [6, 6.07) is 15.1. The molecule has 4 rings (SSSR count). The molecule has 136 valence electrons. The first-order valence-corrected chi connectivity index (χ1v) is 9.65. The van der Waals surface area contributed by atoms with Crippen molar-refractivity contribution in [3.05, 3.63) is 75.0 Å². The van der Waals surface area contributed by atoms with Gasteiger partial charge in [0, 0.05) is 17.6 Å². The van der Waals surface area contributed by atoms with E-state index in [2.05, 4.69) is 0 Å². The van der Waals surface area contributed by atoms with Crippen molar-refractivity contribution in [2.24, 2.45) is 0 Å². The van der Waals surface area contributed by atoms with Gasteiger partial charge in [0.05, 0.1) is 15.0 Å². The number of para-hydroxylation sites is 1. The van der Waals surface area contributed by atoms with Crippen molar-refractivity contribution >= 4 is 44.0 Å². The second-order valence-electron chi connectivity index (χ2n) is 6.56. The van der Waals surface area contributed by atoms with Crippen molar-refractivity contribution in [3.8, 4) is 0 Å². The summed E-state index contributed by atoms with van der Waals surface area (Å²) in [5.41, 5.74) is 3.32. The normalized spacial score (nSPS) is 11.2. The van der Waals surface area contributed by atoms with Gasteiger partial charge in [0.1, 0.15) is 5.58 Å². The van der Waals surface area contributed by atoms with Gasteiger partial charge in [0.15, 0.2) is 0 Å². The zero-order valence-electron chi connectivity index (χ0n) is 15.4. The fraction of sp³-hybridized carbons (Fsp3) is 0.182. The third-order valence-electron chi connectivity index (χ3n) is 4.86. The fourth-order valence-corrected chi connectivity index (χ4v) is 4.34. The Balaban J connectivity index is 1.84. The Hall–Kier alpha value is -2.92. The summed E-state index contributed by atoms with van der Waals surface area (Å²) >= 11 is 1.34. The lowest BCUT2D eigenvalue weighted by Crippen LogP contribution is -2.30. The SMILES string of the molecule is CCN(C(=O)c1cc2c(=O)oc3ccccc3c2s1)c1ccc(C)c(C)c1. The first-order valence-electron chi connectivity index (χ1n) is 8.84. The van der Waals surface area contributed by atoms with Crippen molar-refractivity contribution in [1.82, 2.24) is 0 Å². The molecule has 5 heteroatoms. The number of benzene rings is 2. The summed E-state index contributed by atoms with van der Waals surface area (Å²) in [6.45, 7) is 6.58. The Morgan fingerprint density at radius 1 is 1.04 bits per heavy atom.